The SMILES string of the molecule is N#CCCN(C(=O)c1ccccc1Cl)C1CC1. The van der Waals surface area contributed by atoms with Gasteiger partial charge in [-0.2, -0.15) is 5.26 Å². The molecule has 0 saturated heterocycles. The van der Waals surface area contributed by atoms with Gasteiger partial charge in [-0.1, -0.05) is 23.7 Å². The van der Waals surface area contributed by atoms with Gasteiger partial charge >= 0.3 is 0 Å². The Labute approximate surface area is 106 Å². The molecular formula is C13H13ClN2O. The summed E-state index contributed by atoms with van der Waals surface area (Å²) in [6.07, 6.45) is 2.43. The van der Waals surface area contributed by atoms with Crippen LogP contribution in [0, 0.1) is 11.3 Å². The van der Waals surface area contributed by atoms with Gasteiger partial charge in [0.2, 0.25) is 0 Å². The van der Waals surface area contributed by atoms with E-state index >= 15 is 0 Å². The van der Waals surface area contributed by atoms with Crippen LogP contribution in [0.5, 0.6) is 0 Å². The number of carbonyl (C=O) groups excluding carboxylic acids is 1. The van der Waals surface area contributed by atoms with Crippen LogP contribution in [0.4, 0.5) is 0 Å². The molecule has 0 unspecified atom stereocenters. The highest BCUT2D eigenvalue weighted by molar-refractivity contribution is 6.33. The predicted octanol–water partition coefficient (Wildman–Crippen LogP) is 2.86. The van der Waals surface area contributed by atoms with Crippen molar-refractivity contribution in [3.63, 3.8) is 0 Å². The van der Waals surface area contributed by atoms with Crippen LogP contribution in [0.2, 0.25) is 5.02 Å². The van der Waals surface area contributed by atoms with Crippen LogP contribution < -0.4 is 0 Å². The molecule has 0 atom stereocenters. The molecule has 1 aliphatic carbocycles. The molecule has 0 N–H and O–H groups in total. The quantitative estimate of drug-likeness (QED) is 0.822. The number of rotatable bonds is 4. The molecule has 1 aliphatic rings. The van der Waals surface area contributed by atoms with E-state index in [-0.39, 0.29) is 5.91 Å². The Bertz CT molecular complexity index is 463. The molecule has 0 aromatic heterocycles. The zero-order valence-corrected chi connectivity index (χ0v) is 10.2. The summed E-state index contributed by atoms with van der Waals surface area (Å²) in [6, 6.07) is 9.42. The second-order valence-corrected chi connectivity index (χ2v) is 4.52. The van der Waals surface area contributed by atoms with Crippen molar-refractivity contribution in [1.82, 2.24) is 4.90 Å². The van der Waals surface area contributed by atoms with E-state index in [0.29, 0.717) is 29.6 Å². The van der Waals surface area contributed by atoms with E-state index in [1.54, 1.807) is 29.2 Å². The summed E-state index contributed by atoms with van der Waals surface area (Å²) in [5.41, 5.74) is 0.527. The monoisotopic (exact) mass is 248 g/mol. The zero-order chi connectivity index (χ0) is 12.3. The van der Waals surface area contributed by atoms with Crippen molar-refractivity contribution >= 4 is 17.5 Å². The zero-order valence-electron chi connectivity index (χ0n) is 9.40. The first-order valence-corrected chi connectivity index (χ1v) is 6.04. The summed E-state index contributed by atoms with van der Waals surface area (Å²) < 4.78 is 0. The maximum Gasteiger partial charge on any atom is 0.255 e. The van der Waals surface area contributed by atoms with Crippen molar-refractivity contribution in [1.29, 1.82) is 5.26 Å². The Morgan fingerprint density at radius 2 is 2.18 bits per heavy atom. The van der Waals surface area contributed by atoms with E-state index < -0.39 is 0 Å². The second kappa shape index (κ2) is 5.20. The number of hydrogen-bond acceptors (Lipinski definition) is 2. The molecule has 88 valence electrons. The van der Waals surface area contributed by atoms with Crippen molar-refractivity contribution in [2.24, 2.45) is 0 Å². The lowest BCUT2D eigenvalue weighted by atomic mass is 10.2. The number of halogens is 1. The lowest BCUT2D eigenvalue weighted by Gasteiger charge is -2.21. The Morgan fingerprint density at radius 1 is 1.47 bits per heavy atom. The van der Waals surface area contributed by atoms with Crippen molar-refractivity contribution in [3.05, 3.63) is 34.9 Å². The van der Waals surface area contributed by atoms with E-state index in [9.17, 15) is 4.79 Å². The molecular weight excluding hydrogens is 236 g/mol. The fourth-order valence-electron chi connectivity index (χ4n) is 1.80. The van der Waals surface area contributed by atoms with Gasteiger partial charge in [-0.15, -0.1) is 0 Å². The van der Waals surface area contributed by atoms with E-state index in [1.807, 2.05) is 0 Å². The van der Waals surface area contributed by atoms with E-state index in [2.05, 4.69) is 6.07 Å². The molecule has 1 fully saturated rings. The molecule has 0 bridgehead atoms. The van der Waals surface area contributed by atoms with Crippen molar-refractivity contribution in [2.45, 2.75) is 25.3 Å². The smallest absolute Gasteiger partial charge is 0.255 e. The Kier molecular flexibility index (Phi) is 3.65. The summed E-state index contributed by atoms with van der Waals surface area (Å²) in [5, 5.41) is 9.08. The highest BCUT2D eigenvalue weighted by Crippen LogP contribution is 2.29. The molecule has 2 rings (SSSR count). The van der Waals surface area contributed by atoms with Crippen molar-refractivity contribution in [2.75, 3.05) is 6.54 Å². The van der Waals surface area contributed by atoms with Crippen LogP contribution in [-0.4, -0.2) is 23.4 Å². The largest absolute Gasteiger partial charge is 0.335 e. The minimum Gasteiger partial charge on any atom is -0.335 e. The number of nitriles is 1. The molecule has 1 aromatic carbocycles. The summed E-state index contributed by atoms with van der Waals surface area (Å²) in [5.74, 6) is -0.0617. The summed E-state index contributed by atoms with van der Waals surface area (Å²) in [4.78, 5) is 14.1. The third kappa shape index (κ3) is 2.78. The molecule has 0 aliphatic heterocycles. The number of benzene rings is 1. The maximum absolute atomic E-state index is 12.3. The standard InChI is InChI=1S/C13H13ClN2O/c14-12-5-2-1-4-11(12)13(17)16(9-3-8-15)10-6-7-10/h1-2,4-5,10H,3,6-7,9H2. The minimum atomic E-state index is -0.0617. The topological polar surface area (TPSA) is 44.1 Å². The van der Waals surface area contributed by atoms with Gasteiger partial charge in [0, 0.05) is 12.6 Å². The third-order valence-electron chi connectivity index (χ3n) is 2.82. The van der Waals surface area contributed by atoms with Gasteiger partial charge in [0.25, 0.3) is 5.91 Å². The number of amides is 1. The first-order valence-electron chi connectivity index (χ1n) is 5.66. The first kappa shape index (κ1) is 11.9. The molecule has 4 heteroatoms. The van der Waals surface area contributed by atoms with Gasteiger partial charge in [0.15, 0.2) is 0 Å². The van der Waals surface area contributed by atoms with E-state index in [1.165, 1.54) is 0 Å². The lowest BCUT2D eigenvalue weighted by Crippen LogP contribution is -2.34. The van der Waals surface area contributed by atoms with Crippen LogP contribution in [0.1, 0.15) is 29.6 Å². The Morgan fingerprint density at radius 3 is 2.76 bits per heavy atom. The number of hydrogen-bond donors (Lipinski definition) is 0. The average Bonchev–Trinajstić information content (AvgIpc) is 3.14. The van der Waals surface area contributed by atoms with Crippen LogP contribution in [0.3, 0.4) is 0 Å². The van der Waals surface area contributed by atoms with E-state index in [0.717, 1.165) is 12.8 Å². The van der Waals surface area contributed by atoms with Crippen LogP contribution >= 0.6 is 11.6 Å². The summed E-state index contributed by atoms with van der Waals surface area (Å²) in [6.45, 7) is 0.491. The lowest BCUT2D eigenvalue weighted by molar-refractivity contribution is 0.0747. The van der Waals surface area contributed by atoms with Crippen molar-refractivity contribution < 1.29 is 4.79 Å². The normalized spacial score (nSPS) is 14.1. The fraction of sp³-hybridized carbons (Fsp3) is 0.385. The highest BCUT2D eigenvalue weighted by atomic mass is 35.5. The van der Waals surface area contributed by atoms with Crippen LogP contribution in [0.15, 0.2) is 24.3 Å². The Balaban J connectivity index is 2.16. The Hall–Kier alpha value is -1.53. The molecule has 1 amide bonds. The molecule has 1 saturated carbocycles. The van der Waals surface area contributed by atoms with Gasteiger partial charge < -0.3 is 4.90 Å². The second-order valence-electron chi connectivity index (χ2n) is 4.12. The minimum absolute atomic E-state index is 0.0617. The molecule has 17 heavy (non-hydrogen) atoms. The number of carbonyl (C=O) groups is 1. The summed E-state index contributed by atoms with van der Waals surface area (Å²) in [7, 11) is 0. The van der Waals surface area contributed by atoms with Gasteiger partial charge in [0.1, 0.15) is 0 Å². The molecule has 1 aromatic rings. The highest BCUT2D eigenvalue weighted by Gasteiger charge is 2.33. The number of nitrogens with zero attached hydrogens (tertiary/aromatic N) is 2. The van der Waals surface area contributed by atoms with Gasteiger partial charge in [-0.25, -0.2) is 0 Å². The van der Waals surface area contributed by atoms with Crippen molar-refractivity contribution in [3.8, 4) is 6.07 Å². The van der Waals surface area contributed by atoms with Crippen LogP contribution in [-0.2, 0) is 0 Å². The molecule has 0 radical (unpaired) electrons. The van der Waals surface area contributed by atoms with E-state index in [4.69, 9.17) is 16.9 Å². The maximum atomic E-state index is 12.3. The average molecular weight is 249 g/mol. The predicted molar refractivity (Wildman–Crippen MR) is 65.7 cm³/mol. The first-order chi connectivity index (χ1) is 8.24. The molecule has 0 spiro atoms. The van der Waals surface area contributed by atoms with Crippen LogP contribution in [0.25, 0.3) is 0 Å². The molecule has 0 heterocycles. The van der Waals surface area contributed by atoms with Gasteiger partial charge in [-0.3, -0.25) is 4.79 Å². The fourth-order valence-corrected chi connectivity index (χ4v) is 2.01. The summed E-state index contributed by atoms with van der Waals surface area (Å²) >= 11 is 6.01. The molecule has 3 nitrogen and oxygen atoms in total. The van der Waals surface area contributed by atoms with Gasteiger partial charge in [-0.05, 0) is 25.0 Å². The van der Waals surface area contributed by atoms with Gasteiger partial charge in [0.05, 0.1) is 23.1 Å². The third-order valence-corrected chi connectivity index (χ3v) is 3.15.